The highest BCUT2D eigenvalue weighted by molar-refractivity contribution is 4.87. The van der Waals surface area contributed by atoms with Crippen molar-refractivity contribution in [2.45, 2.75) is 59.4 Å². The van der Waals surface area contributed by atoms with Crippen LogP contribution >= 0.6 is 0 Å². The smallest absolute Gasteiger partial charge is 0.0108 e. The third kappa shape index (κ3) is 4.19. The van der Waals surface area contributed by atoms with E-state index in [-0.39, 0.29) is 0 Å². The topological polar surface area (TPSA) is 15.3 Å². The molecule has 0 aromatic carbocycles. The predicted octanol–water partition coefficient (Wildman–Crippen LogP) is 3.38. The fourth-order valence-corrected chi connectivity index (χ4v) is 4.14. The molecule has 2 rings (SSSR count). The van der Waals surface area contributed by atoms with Crippen LogP contribution in [0.4, 0.5) is 0 Å². The summed E-state index contributed by atoms with van der Waals surface area (Å²) in [7, 11) is 0. The molecule has 112 valence electrons. The fourth-order valence-electron chi connectivity index (χ4n) is 4.14. The molecule has 0 bridgehead atoms. The first-order valence-corrected chi connectivity index (χ1v) is 8.55. The number of hydrogen-bond donors (Lipinski definition) is 1. The van der Waals surface area contributed by atoms with E-state index in [1.54, 1.807) is 0 Å². The maximum atomic E-state index is 3.74. The van der Waals surface area contributed by atoms with Crippen molar-refractivity contribution in [3.05, 3.63) is 0 Å². The molecule has 2 nitrogen and oxygen atoms in total. The Labute approximate surface area is 120 Å². The maximum Gasteiger partial charge on any atom is 0.0108 e. The quantitative estimate of drug-likeness (QED) is 0.820. The van der Waals surface area contributed by atoms with Gasteiger partial charge in [-0.3, -0.25) is 0 Å². The summed E-state index contributed by atoms with van der Waals surface area (Å²) in [5.41, 5.74) is 0. The van der Waals surface area contributed by atoms with Gasteiger partial charge in [0.15, 0.2) is 0 Å². The summed E-state index contributed by atoms with van der Waals surface area (Å²) in [5, 5.41) is 3.74. The lowest BCUT2D eigenvalue weighted by atomic mass is 9.78. The molecule has 1 saturated heterocycles. The summed E-state index contributed by atoms with van der Waals surface area (Å²) >= 11 is 0. The van der Waals surface area contributed by atoms with Gasteiger partial charge in [-0.25, -0.2) is 0 Å². The van der Waals surface area contributed by atoms with Crippen molar-refractivity contribution >= 4 is 0 Å². The first-order valence-electron chi connectivity index (χ1n) is 8.55. The summed E-state index contributed by atoms with van der Waals surface area (Å²) < 4.78 is 0. The van der Waals surface area contributed by atoms with Crippen molar-refractivity contribution in [1.82, 2.24) is 10.2 Å². The Hall–Kier alpha value is -0.0800. The summed E-state index contributed by atoms with van der Waals surface area (Å²) in [5.74, 6) is 3.62. The molecule has 4 atom stereocenters. The number of hydrogen-bond acceptors (Lipinski definition) is 2. The second kappa shape index (κ2) is 7.08. The SMILES string of the molecule is CCNC1CCC(C)CC1CN1CCC(C(C)C)C1. The maximum absolute atomic E-state index is 3.74. The zero-order valence-electron chi connectivity index (χ0n) is 13.5. The molecule has 4 unspecified atom stereocenters. The molecule has 0 amide bonds. The van der Waals surface area contributed by atoms with Crippen LogP contribution in [0.3, 0.4) is 0 Å². The molecule has 1 aliphatic heterocycles. The molecule has 19 heavy (non-hydrogen) atoms. The number of nitrogens with one attached hydrogen (secondary N) is 1. The van der Waals surface area contributed by atoms with E-state index in [2.05, 4.69) is 37.9 Å². The first-order chi connectivity index (χ1) is 9.10. The average molecular weight is 266 g/mol. The van der Waals surface area contributed by atoms with Gasteiger partial charge in [0, 0.05) is 19.1 Å². The Morgan fingerprint density at radius 1 is 1.21 bits per heavy atom. The van der Waals surface area contributed by atoms with Gasteiger partial charge in [-0.05, 0) is 62.4 Å². The van der Waals surface area contributed by atoms with Gasteiger partial charge in [0.1, 0.15) is 0 Å². The van der Waals surface area contributed by atoms with Crippen LogP contribution in [0.2, 0.25) is 0 Å². The van der Waals surface area contributed by atoms with Crippen LogP contribution < -0.4 is 5.32 Å². The fraction of sp³-hybridized carbons (Fsp3) is 1.00. The van der Waals surface area contributed by atoms with Crippen LogP contribution in [0.1, 0.15) is 53.4 Å². The van der Waals surface area contributed by atoms with Gasteiger partial charge in [0.2, 0.25) is 0 Å². The molecule has 0 radical (unpaired) electrons. The van der Waals surface area contributed by atoms with Gasteiger partial charge in [0.05, 0.1) is 0 Å². The van der Waals surface area contributed by atoms with Crippen molar-refractivity contribution in [2.75, 3.05) is 26.2 Å². The van der Waals surface area contributed by atoms with Crippen LogP contribution in [0, 0.1) is 23.7 Å². The standard InChI is InChI=1S/C17H34N2/c1-5-18-17-7-6-14(4)10-16(17)12-19-9-8-15(11-19)13(2)3/h13-18H,5-12H2,1-4H3. The zero-order valence-corrected chi connectivity index (χ0v) is 13.5. The van der Waals surface area contributed by atoms with Crippen molar-refractivity contribution < 1.29 is 0 Å². The van der Waals surface area contributed by atoms with Crippen molar-refractivity contribution in [2.24, 2.45) is 23.7 Å². The third-order valence-electron chi connectivity index (χ3n) is 5.46. The molecule has 2 heteroatoms. The van der Waals surface area contributed by atoms with E-state index in [0.29, 0.717) is 0 Å². The van der Waals surface area contributed by atoms with E-state index in [1.165, 1.54) is 45.3 Å². The number of likely N-dealkylation sites (tertiary alicyclic amines) is 1. The second-order valence-electron chi connectivity index (χ2n) is 7.39. The van der Waals surface area contributed by atoms with Gasteiger partial charge >= 0.3 is 0 Å². The van der Waals surface area contributed by atoms with E-state index >= 15 is 0 Å². The Morgan fingerprint density at radius 2 is 2.00 bits per heavy atom. The molecule has 1 N–H and O–H groups in total. The molecule has 0 aromatic heterocycles. The largest absolute Gasteiger partial charge is 0.314 e. The van der Waals surface area contributed by atoms with Crippen LogP contribution in [-0.2, 0) is 0 Å². The van der Waals surface area contributed by atoms with Gasteiger partial charge in [-0.15, -0.1) is 0 Å². The molecule has 2 fully saturated rings. The minimum atomic E-state index is 0.777. The molecule has 0 aromatic rings. The Morgan fingerprint density at radius 3 is 2.63 bits per heavy atom. The van der Waals surface area contributed by atoms with Gasteiger partial charge in [-0.2, -0.15) is 0 Å². The highest BCUT2D eigenvalue weighted by atomic mass is 15.2. The van der Waals surface area contributed by atoms with Gasteiger partial charge < -0.3 is 10.2 Å². The summed E-state index contributed by atoms with van der Waals surface area (Å²) in [6.45, 7) is 14.6. The van der Waals surface area contributed by atoms with E-state index in [0.717, 1.165) is 36.3 Å². The monoisotopic (exact) mass is 266 g/mol. The summed E-state index contributed by atoms with van der Waals surface area (Å²) in [4.78, 5) is 2.75. The normalized spacial score (nSPS) is 37.1. The minimum absolute atomic E-state index is 0.777. The lowest BCUT2D eigenvalue weighted by Crippen LogP contribution is -2.45. The van der Waals surface area contributed by atoms with Crippen LogP contribution in [-0.4, -0.2) is 37.1 Å². The summed E-state index contributed by atoms with van der Waals surface area (Å²) in [6.07, 6.45) is 5.66. The Balaban J connectivity index is 1.85. The summed E-state index contributed by atoms with van der Waals surface area (Å²) in [6, 6.07) is 0.777. The van der Waals surface area contributed by atoms with Crippen LogP contribution in [0.25, 0.3) is 0 Å². The van der Waals surface area contributed by atoms with E-state index < -0.39 is 0 Å². The van der Waals surface area contributed by atoms with Crippen molar-refractivity contribution in [3.8, 4) is 0 Å². The molecule has 1 saturated carbocycles. The van der Waals surface area contributed by atoms with Gasteiger partial charge in [-0.1, -0.05) is 27.7 Å². The number of rotatable bonds is 5. The van der Waals surface area contributed by atoms with Gasteiger partial charge in [0.25, 0.3) is 0 Å². The Kier molecular flexibility index (Phi) is 5.70. The molecule has 2 aliphatic rings. The zero-order chi connectivity index (χ0) is 13.8. The highest BCUT2D eigenvalue weighted by Gasteiger charge is 2.32. The number of nitrogens with zero attached hydrogens (tertiary/aromatic N) is 1. The lowest BCUT2D eigenvalue weighted by molar-refractivity contribution is 0.156. The lowest BCUT2D eigenvalue weighted by Gasteiger charge is -2.37. The molecular formula is C17H34N2. The molecule has 0 spiro atoms. The molecule has 1 aliphatic carbocycles. The van der Waals surface area contributed by atoms with Crippen LogP contribution in [0.5, 0.6) is 0 Å². The minimum Gasteiger partial charge on any atom is -0.314 e. The third-order valence-corrected chi connectivity index (χ3v) is 5.46. The Bertz CT molecular complexity index is 264. The van der Waals surface area contributed by atoms with E-state index in [9.17, 15) is 0 Å². The van der Waals surface area contributed by atoms with Crippen molar-refractivity contribution in [1.29, 1.82) is 0 Å². The van der Waals surface area contributed by atoms with E-state index in [1.807, 2.05) is 0 Å². The van der Waals surface area contributed by atoms with E-state index in [4.69, 9.17) is 0 Å². The first kappa shape index (κ1) is 15.3. The second-order valence-corrected chi connectivity index (χ2v) is 7.39. The predicted molar refractivity (Wildman–Crippen MR) is 83.4 cm³/mol. The van der Waals surface area contributed by atoms with Crippen molar-refractivity contribution in [3.63, 3.8) is 0 Å². The molecular weight excluding hydrogens is 232 g/mol. The average Bonchev–Trinajstić information content (AvgIpc) is 2.81. The van der Waals surface area contributed by atoms with Crippen LogP contribution in [0.15, 0.2) is 0 Å². The highest BCUT2D eigenvalue weighted by Crippen LogP contribution is 2.32. The molecule has 1 heterocycles.